The van der Waals surface area contributed by atoms with Crippen molar-refractivity contribution >= 4 is 27.3 Å². The molecule has 0 spiro atoms. The normalized spacial score (nSPS) is 11.3. The first-order chi connectivity index (χ1) is 10.7. The van der Waals surface area contributed by atoms with Crippen LogP contribution in [0.15, 0.2) is 35.2 Å². The van der Waals surface area contributed by atoms with Gasteiger partial charge in [-0.15, -0.1) is 0 Å². The minimum Gasteiger partial charge on any atom is -0.367 e. The molecule has 2 aromatic rings. The van der Waals surface area contributed by atoms with Gasteiger partial charge in [-0.05, 0) is 32.0 Å². The zero-order valence-corrected chi connectivity index (χ0v) is 14.5. The quantitative estimate of drug-likeness (QED) is 0.913. The molecule has 1 heterocycles. The maximum Gasteiger partial charge on any atom is 0.177 e. The van der Waals surface area contributed by atoms with Crippen LogP contribution in [0.25, 0.3) is 11.3 Å². The van der Waals surface area contributed by atoms with E-state index >= 15 is 0 Å². The Kier molecular flexibility index (Phi) is 4.93. The van der Waals surface area contributed by atoms with Gasteiger partial charge >= 0.3 is 0 Å². The van der Waals surface area contributed by atoms with Gasteiger partial charge in [0.1, 0.15) is 11.9 Å². The number of benzene rings is 1. The second-order valence-electron chi connectivity index (χ2n) is 5.42. The van der Waals surface area contributed by atoms with Crippen molar-refractivity contribution in [1.82, 2.24) is 4.98 Å². The molecule has 0 amide bonds. The number of pyridine rings is 1. The molecule has 0 aliphatic rings. The van der Waals surface area contributed by atoms with Gasteiger partial charge in [0.15, 0.2) is 9.84 Å². The summed E-state index contributed by atoms with van der Waals surface area (Å²) in [6.45, 7) is 3.82. The molecule has 0 fully saturated rings. The Labute approximate surface area is 140 Å². The molecular weight excluding hydrogens is 334 g/mol. The van der Waals surface area contributed by atoms with Gasteiger partial charge in [-0.1, -0.05) is 23.7 Å². The molecule has 23 heavy (non-hydrogen) atoms. The zero-order chi connectivity index (χ0) is 17.2. The molecule has 0 unspecified atom stereocenters. The van der Waals surface area contributed by atoms with Crippen LogP contribution in [-0.4, -0.2) is 25.7 Å². The minimum absolute atomic E-state index is 0.0191. The fraction of sp³-hybridized carbons (Fsp3) is 0.250. The smallest absolute Gasteiger partial charge is 0.177 e. The summed E-state index contributed by atoms with van der Waals surface area (Å²) in [4.78, 5) is 4.41. The number of hydrogen-bond acceptors (Lipinski definition) is 5. The van der Waals surface area contributed by atoms with E-state index in [0.29, 0.717) is 22.1 Å². The largest absolute Gasteiger partial charge is 0.367 e. The van der Waals surface area contributed by atoms with Gasteiger partial charge in [0.2, 0.25) is 0 Å². The van der Waals surface area contributed by atoms with Gasteiger partial charge in [-0.25, -0.2) is 13.4 Å². The average Bonchev–Trinajstić information content (AvgIpc) is 2.46. The summed E-state index contributed by atoms with van der Waals surface area (Å²) in [5.41, 5.74) is 1.11. The molecule has 2 rings (SSSR count). The third-order valence-electron chi connectivity index (χ3n) is 3.05. The van der Waals surface area contributed by atoms with Crippen molar-refractivity contribution in [2.75, 3.05) is 11.6 Å². The van der Waals surface area contributed by atoms with E-state index in [-0.39, 0.29) is 16.5 Å². The Balaban J connectivity index is 2.76. The van der Waals surface area contributed by atoms with Gasteiger partial charge in [0.05, 0.1) is 16.2 Å². The number of halogens is 1. The Morgan fingerprint density at radius 1 is 1.26 bits per heavy atom. The van der Waals surface area contributed by atoms with Crippen molar-refractivity contribution in [3.05, 3.63) is 40.9 Å². The van der Waals surface area contributed by atoms with Gasteiger partial charge in [-0.3, -0.25) is 0 Å². The van der Waals surface area contributed by atoms with Crippen LogP contribution in [0.2, 0.25) is 5.02 Å². The van der Waals surface area contributed by atoms with Crippen molar-refractivity contribution < 1.29 is 8.42 Å². The summed E-state index contributed by atoms with van der Waals surface area (Å²) < 4.78 is 24.2. The Hall–Kier alpha value is -2.10. The van der Waals surface area contributed by atoms with Gasteiger partial charge in [0, 0.05) is 22.9 Å². The highest BCUT2D eigenvalue weighted by Crippen LogP contribution is 2.30. The lowest BCUT2D eigenvalue weighted by Crippen LogP contribution is -2.14. The molecule has 1 aromatic heterocycles. The van der Waals surface area contributed by atoms with Crippen LogP contribution in [0.1, 0.15) is 19.4 Å². The molecule has 1 aromatic carbocycles. The lowest BCUT2D eigenvalue weighted by Gasteiger charge is -2.15. The highest BCUT2D eigenvalue weighted by atomic mass is 35.5. The van der Waals surface area contributed by atoms with Crippen LogP contribution in [-0.2, 0) is 9.84 Å². The highest BCUT2D eigenvalue weighted by molar-refractivity contribution is 7.90. The number of anilines is 1. The molecule has 0 bridgehead atoms. The topological polar surface area (TPSA) is 82.8 Å². The lowest BCUT2D eigenvalue weighted by atomic mass is 10.1. The van der Waals surface area contributed by atoms with Crippen molar-refractivity contribution in [2.24, 2.45) is 0 Å². The van der Waals surface area contributed by atoms with Crippen molar-refractivity contribution in [2.45, 2.75) is 24.8 Å². The Bertz CT molecular complexity index is 869. The summed E-state index contributed by atoms with van der Waals surface area (Å²) in [6, 6.07) is 10.1. The second-order valence-corrected chi connectivity index (χ2v) is 7.84. The zero-order valence-electron chi connectivity index (χ0n) is 13.0. The van der Waals surface area contributed by atoms with Crippen molar-refractivity contribution in [3.8, 4) is 17.3 Å². The van der Waals surface area contributed by atoms with E-state index in [2.05, 4.69) is 10.3 Å². The number of hydrogen-bond donors (Lipinski definition) is 1. The fourth-order valence-electron chi connectivity index (χ4n) is 2.06. The molecule has 0 aliphatic carbocycles. The van der Waals surface area contributed by atoms with Crippen molar-refractivity contribution in [1.29, 1.82) is 5.26 Å². The monoisotopic (exact) mass is 349 g/mol. The summed E-state index contributed by atoms with van der Waals surface area (Å²) in [6.07, 6.45) is 1.10. The van der Waals surface area contributed by atoms with E-state index < -0.39 is 9.84 Å². The summed E-state index contributed by atoms with van der Waals surface area (Å²) in [5.74, 6) is 0.361. The van der Waals surface area contributed by atoms with E-state index in [1.807, 2.05) is 19.9 Å². The molecule has 0 radical (unpaired) electrons. The Morgan fingerprint density at radius 3 is 2.35 bits per heavy atom. The van der Waals surface area contributed by atoms with E-state index in [1.165, 1.54) is 6.07 Å². The number of sulfone groups is 1. The molecule has 0 saturated heterocycles. The third-order valence-corrected chi connectivity index (χ3v) is 4.41. The SMILES string of the molecule is CC(C)Nc1nc(-c2ccc(Cl)cc2)c(S(C)(=O)=O)cc1C#N. The average molecular weight is 350 g/mol. The first kappa shape index (κ1) is 17.3. The standard InChI is InChI=1S/C16H16ClN3O2S/c1-10(2)19-16-12(9-18)8-14(23(3,21)22)15(20-16)11-4-6-13(17)7-5-11/h4-8,10H,1-3H3,(H,19,20). The predicted molar refractivity (Wildman–Crippen MR) is 91.3 cm³/mol. The number of rotatable bonds is 4. The van der Waals surface area contributed by atoms with Gasteiger partial charge < -0.3 is 5.32 Å². The minimum atomic E-state index is -3.54. The molecule has 0 saturated carbocycles. The molecule has 0 atom stereocenters. The summed E-state index contributed by atoms with van der Waals surface area (Å²) >= 11 is 5.88. The molecule has 120 valence electrons. The van der Waals surface area contributed by atoms with Crippen LogP contribution < -0.4 is 5.32 Å². The maximum absolute atomic E-state index is 12.1. The lowest BCUT2D eigenvalue weighted by molar-refractivity contribution is 0.602. The van der Waals surface area contributed by atoms with Crippen LogP contribution in [0.5, 0.6) is 0 Å². The molecule has 7 heteroatoms. The molecular formula is C16H16ClN3O2S. The number of nitriles is 1. The van der Waals surface area contributed by atoms with Crippen LogP contribution in [0, 0.1) is 11.3 Å². The van der Waals surface area contributed by atoms with Crippen LogP contribution >= 0.6 is 11.6 Å². The predicted octanol–water partition coefficient (Wildman–Crippen LogP) is 3.50. The highest BCUT2D eigenvalue weighted by Gasteiger charge is 2.20. The fourth-order valence-corrected chi connectivity index (χ4v) is 3.03. The van der Waals surface area contributed by atoms with E-state index in [0.717, 1.165) is 6.26 Å². The molecule has 5 nitrogen and oxygen atoms in total. The third kappa shape index (κ3) is 4.01. The van der Waals surface area contributed by atoms with Crippen molar-refractivity contribution in [3.63, 3.8) is 0 Å². The molecule has 0 aliphatic heterocycles. The van der Waals surface area contributed by atoms with Gasteiger partial charge in [0.25, 0.3) is 0 Å². The van der Waals surface area contributed by atoms with Gasteiger partial charge in [-0.2, -0.15) is 5.26 Å². The summed E-state index contributed by atoms with van der Waals surface area (Å²) in [5, 5.41) is 12.9. The van der Waals surface area contributed by atoms with E-state index in [4.69, 9.17) is 11.6 Å². The first-order valence-corrected chi connectivity index (χ1v) is 9.17. The summed E-state index contributed by atoms with van der Waals surface area (Å²) in [7, 11) is -3.54. The first-order valence-electron chi connectivity index (χ1n) is 6.90. The maximum atomic E-state index is 12.1. The second kappa shape index (κ2) is 6.57. The van der Waals surface area contributed by atoms with Crippen LogP contribution in [0.4, 0.5) is 5.82 Å². The van der Waals surface area contributed by atoms with Crippen LogP contribution in [0.3, 0.4) is 0 Å². The van der Waals surface area contributed by atoms with E-state index in [9.17, 15) is 13.7 Å². The number of aromatic nitrogens is 1. The number of nitrogens with zero attached hydrogens (tertiary/aromatic N) is 2. The molecule has 1 N–H and O–H groups in total. The Morgan fingerprint density at radius 2 is 1.87 bits per heavy atom. The van der Waals surface area contributed by atoms with E-state index in [1.54, 1.807) is 24.3 Å². The number of nitrogens with one attached hydrogen (secondary N) is 1.